The number of carbonyl (C=O) groups excluding carboxylic acids is 2. The van der Waals surface area contributed by atoms with Crippen LogP contribution in [0.4, 0.5) is 10.5 Å². The second-order valence-corrected chi connectivity index (χ2v) is 5.48. The minimum atomic E-state index is -0.595. The highest BCUT2D eigenvalue weighted by atomic mass is 16.5. The third kappa shape index (κ3) is 4.84. The Bertz CT molecular complexity index is 686. The number of para-hydroxylation sites is 1. The lowest BCUT2D eigenvalue weighted by molar-refractivity contribution is 0.0794. The molecule has 0 aromatic heterocycles. The zero-order chi connectivity index (χ0) is 17.4. The van der Waals surface area contributed by atoms with Crippen molar-refractivity contribution in [2.24, 2.45) is 0 Å². The molecule has 0 unspecified atom stereocenters. The standard InChI is InChI=1S/C19H22N2O3/c1-21(14-8-11-15-9-4-3-5-10-15)18(22)16-12-6-7-13-17(16)20-19(23)24-2/h3-7,9-10,12-13H,8,11,14H2,1-2H3,(H,20,23). The van der Waals surface area contributed by atoms with E-state index in [1.807, 2.05) is 18.2 Å². The Morgan fingerprint density at radius 1 is 1.04 bits per heavy atom. The molecule has 0 saturated heterocycles. The minimum absolute atomic E-state index is 0.130. The van der Waals surface area contributed by atoms with E-state index in [-0.39, 0.29) is 5.91 Å². The zero-order valence-electron chi connectivity index (χ0n) is 14.0. The maximum absolute atomic E-state index is 12.6. The van der Waals surface area contributed by atoms with Gasteiger partial charge in [-0.2, -0.15) is 0 Å². The summed E-state index contributed by atoms with van der Waals surface area (Å²) in [6.45, 7) is 0.639. The molecule has 0 radical (unpaired) electrons. The van der Waals surface area contributed by atoms with Crippen molar-refractivity contribution in [3.8, 4) is 0 Å². The molecule has 0 atom stereocenters. The predicted octanol–water partition coefficient (Wildman–Crippen LogP) is 3.57. The van der Waals surface area contributed by atoms with Crippen molar-refractivity contribution in [1.29, 1.82) is 0 Å². The number of hydrogen-bond donors (Lipinski definition) is 1. The van der Waals surface area contributed by atoms with Gasteiger partial charge in [0, 0.05) is 13.6 Å². The van der Waals surface area contributed by atoms with E-state index in [0.29, 0.717) is 17.8 Å². The number of ether oxygens (including phenoxy) is 1. The van der Waals surface area contributed by atoms with Gasteiger partial charge >= 0.3 is 6.09 Å². The summed E-state index contributed by atoms with van der Waals surface area (Å²) in [6, 6.07) is 17.1. The minimum Gasteiger partial charge on any atom is -0.453 e. The number of hydrogen-bond acceptors (Lipinski definition) is 3. The third-order valence-electron chi connectivity index (χ3n) is 3.73. The molecule has 126 valence electrons. The monoisotopic (exact) mass is 326 g/mol. The normalized spacial score (nSPS) is 10.1. The highest BCUT2D eigenvalue weighted by molar-refractivity contribution is 6.02. The van der Waals surface area contributed by atoms with Gasteiger partial charge in [-0.1, -0.05) is 42.5 Å². The maximum atomic E-state index is 12.6. The van der Waals surface area contributed by atoms with E-state index >= 15 is 0 Å². The molecule has 2 rings (SSSR count). The zero-order valence-corrected chi connectivity index (χ0v) is 14.0. The smallest absolute Gasteiger partial charge is 0.411 e. The molecule has 24 heavy (non-hydrogen) atoms. The van der Waals surface area contributed by atoms with Crippen LogP contribution >= 0.6 is 0 Å². The first-order chi connectivity index (χ1) is 11.6. The molecule has 0 aliphatic heterocycles. The van der Waals surface area contributed by atoms with Gasteiger partial charge in [0.2, 0.25) is 0 Å². The number of nitrogens with one attached hydrogen (secondary N) is 1. The van der Waals surface area contributed by atoms with E-state index < -0.39 is 6.09 Å². The van der Waals surface area contributed by atoms with E-state index in [9.17, 15) is 9.59 Å². The fourth-order valence-corrected chi connectivity index (χ4v) is 2.41. The number of nitrogens with zero attached hydrogens (tertiary/aromatic N) is 1. The average molecular weight is 326 g/mol. The lowest BCUT2D eigenvalue weighted by Crippen LogP contribution is -2.29. The Balaban J connectivity index is 1.96. The molecular formula is C19H22N2O3. The fourth-order valence-electron chi connectivity index (χ4n) is 2.41. The van der Waals surface area contributed by atoms with Crippen LogP contribution in [0.15, 0.2) is 54.6 Å². The first-order valence-corrected chi connectivity index (χ1v) is 7.85. The van der Waals surface area contributed by atoms with Crippen molar-refractivity contribution in [2.45, 2.75) is 12.8 Å². The Hall–Kier alpha value is -2.82. The number of methoxy groups -OCH3 is 1. The molecule has 0 saturated carbocycles. The molecule has 2 aromatic carbocycles. The van der Waals surface area contributed by atoms with Crippen molar-refractivity contribution < 1.29 is 14.3 Å². The Morgan fingerprint density at radius 3 is 2.42 bits per heavy atom. The number of aryl methyl sites for hydroxylation is 1. The van der Waals surface area contributed by atoms with Crippen LogP contribution < -0.4 is 5.32 Å². The van der Waals surface area contributed by atoms with Crippen molar-refractivity contribution in [1.82, 2.24) is 4.90 Å². The van der Waals surface area contributed by atoms with Crippen LogP contribution in [0.25, 0.3) is 0 Å². The van der Waals surface area contributed by atoms with Gasteiger partial charge in [-0.05, 0) is 30.5 Å². The summed E-state index contributed by atoms with van der Waals surface area (Å²) >= 11 is 0. The van der Waals surface area contributed by atoms with Crippen LogP contribution in [-0.4, -0.2) is 37.6 Å². The first-order valence-electron chi connectivity index (χ1n) is 7.85. The molecule has 5 heteroatoms. The maximum Gasteiger partial charge on any atom is 0.411 e. The molecule has 0 heterocycles. The molecule has 0 aliphatic carbocycles. The molecule has 2 amide bonds. The van der Waals surface area contributed by atoms with Crippen LogP contribution in [-0.2, 0) is 11.2 Å². The van der Waals surface area contributed by atoms with Crippen LogP contribution in [0.3, 0.4) is 0 Å². The lowest BCUT2D eigenvalue weighted by Gasteiger charge is -2.19. The van der Waals surface area contributed by atoms with Crippen molar-refractivity contribution in [3.05, 3.63) is 65.7 Å². The van der Waals surface area contributed by atoms with E-state index in [4.69, 9.17) is 0 Å². The number of amides is 2. The topological polar surface area (TPSA) is 58.6 Å². The van der Waals surface area contributed by atoms with Crippen molar-refractivity contribution >= 4 is 17.7 Å². The van der Waals surface area contributed by atoms with E-state index in [2.05, 4.69) is 22.2 Å². The molecule has 0 spiro atoms. The van der Waals surface area contributed by atoms with E-state index in [0.717, 1.165) is 12.8 Å². The van der Waals surface area contributed by atoms with Gasteiger partial charge in [0.15, 0.2) is 0 Å². The molecule has 1 N–H and O–H groups in total. The highest BCUT2D eigenvalue weighted by Gasteiger charge is 2.16. The highest BCUT2D eigenvalue weighted by Crippen LogP contribution is 2.17. The molecule has 2 aromatic rings. The van der Waals surface area contributed by atoms with Gasteiger partial charge in [0.1, 0.15) is 0 Å². The molecular weight excluding hydrogens is 304 g/mol. The average Bonchev–Trinajstić information content (AvgIpc) is 2.62. The van der Waals surface area contributed by atoms with Gasteiger partial charge in [-0.3, -0.25) is 10.1 Å². The Labute approximate surface area is 142 Å². The summed E-state index contributed by atoms with van der Waals surface area (Å²) < 4.78 is 4.59. The Morgan fingerprint density at radius 2 is 1.71 bits per heavy atom. The van der Waals surface area contributed by atoms with E-state index in [1.54, 1.807) is 36.2 Å². The largest absolute Gasteiger partial charge is 0.453 e. The number of rotatable bonds is 6. The van der Waals surface area contributed by atoms with Crippen LogP contribution in [0.5, 0.6) is 0 Å². The number of benzene rings is 2. The third-order valence-corrected chi connectivity index (χ3v) is 3.73. The van der Waals surface area contributed by atoms with E-state index in [1.165, 1.54) is 12.7 Å². The first kappa shape index (κ1) is 17.5. The van der Waals surface area contributed by atoms with Crippen molar-refractivity contribution in [3.63, 3.8) is 0 Å². The summed E-state index contributed by atoms with van der Waals surface area (Å²) in [5, 5.41) is 2.57. The predicted molar refractivity (Wildman–Crippen MR) is 94.2 cm³/mol. The second-order valence-electron chi connectivity index (χ2n) is 5.48. The van der Waals surface area contributed by atoms with Crippen LogP contribution in [0, 0.1) is 0 Å². The van der Waals surface area contributed by atoms with Crippen molar-refractivity contribution in [2.75, 3.05) is 26.0 Å². The Kier molecular flexibility index (Phi) is 6.37. The molecule has 0 aliphatic rings. The quantitative estimate of drug-likeness (QED) is 0.883. The van der Waals surface area contributed by atoms with Crippen LogP contribution in [0.1, 0.15) is 22.3 Å². The summed E-state index contributed by atoms with van der Waals surface area (Å²) in [7, 11) is 3.05. The number of carbonyl (C=O) groups is 2. The van der Waals surface area contributed by atoms with Gasteiger partial charge < -0.3 is 9.64 Å². The SMILES string of the molecule is COC(=O)Nc1ccccc1C(=O)N(C)CCCc1ccccc1. The summed E-state index contributed by atoms with van der Waals surface area (Å²) in [6.07, 6.45) is 1.20. The second kappa shape index (κ2) is 8.72. The van der Waals surface area contributed by atoms with Gasteiger partial charge in [0.05, 0.1) is 18.4 Å². The summed E-state index contributed by atoms with van der Waals surface area (Å²) in [5.41, 5.74) is 2.15. The molecule has 0 fully saturated rings. The molecule has 0 bridgehead atoms. The lowest BCUT2D eigenvalue weighted by atomic mass is 10.1. The summed E-state index contributed by atoms with van der Waals surface area (Å²) in [5.74, 6) is -0.130. The number of anilines is 1. The van der Waals surface area contributed by atoms with Gasteiger partial charge in [-0.15, -0.1) is 0 Å². The van der Waals surface area contributed by atoms with Crippen LogP contribution in [0.2, 0.25) is 0 Å². The van der Waals surface area contributed by atoms with Gasteiger partial charge in [0.25, 0.3) is 5.91 Å². The summed E-state index contributed by atoms with van der Waals surface area (Å²) in [4.78, 5) is 25.7. The molecule has 5 nitrogen and oxygen atoms in total. The fraction of sp³-hybridized carbons (Fsp3) is 0.263. The van der Waals surface area contributed by atoms with Gasteiger partial charge in [-0.25, -0.2) is 4.79 Å².